The van der Waals surface area contributed by atoms with Gasteiger partial charge in [-0.05, 0) is 141 Å². The van der Waals surface area contributed by atoms with Crippen molar-refractivity contribution in [3.63, 3.8) is 0 Å². The van der Waals surface area contributed by atoms with Crippen LogP contribution in [-0.4, -0.2) is 167 Å². The molecule has 4 amide bonds. The molecule has 0 radical (unpaired) electrons. The summed E-state index contributed by atoms with van der Waals surface area (Å²) in [5.41, 5.74) is 7.76. The van der Waals surface area contributed by atoms with Crippen molar-refractivity contribution in [2.45, 2.75) is 186 Å². The number of hydrogen-bond acceptors (Lipinski definition) is 22. The number of benzene rings is 1. The highest BCUT2D eigenvalue weighted by Crippen LogP contribution is 2.42. The van der Waals surface area contributed by atoms with Gasteiger partial charge in [0.1, 0.15) is 38.2 Å². The number of fused-ring (bicyclic) bond motifs is 5. The lowest BCUT2D eigenvalue weighted by Gasteiger charge is -2.35. The second kappa shape index (κ2) is 32.8. The number of carbonyl (C=O) groups excluding carboxylic acids is 6. The van der Waals surface area contributed by atoms with Crippen molar-refractivity contribution in [2.24, 2.45) is 10.7 Å². The zero-order valence-electron chi connectivity index (χ0n) is 56.9. The molecule has 0 saturated carbocycles. The Morgan fingerprint density at radius 1 is 0.969 bits per heavy atom. The second-order valence-electron chi connectivity index (χ2n) is 26.1. The fourth-order valence-electron chi connectivity index (χ4n) is 11.8. The predicted octanol–water partition coefficient (Wildman–Crippen LogP) is 4.93. The lowest BCUT2D eigenvalue weighted by atomic mass is 9.83. The molecule has 0 bridgehead atoms. The summed E-state index contributed by atoms with van der Waals surface area (Å²) in [6, 6.07) is 6.44. The number of hydrogen-bond donors (Lipinski definition) is 5. The van der Waals surface area contributed by atoms with Crippen LogP contribution in [0.5, 0.6) is 0 Å². The molecule has 31 heteroatoms. The van der Waals surface area contributed by atoms with E-state index in [1.165, 1.54) is 23.0 Å². The van der Waals surface area contributed by atoms with Gasteiger partial charge in [-0.15, -0.1) is 5.10 Å². The van der Waals surface area contributed by atoms with Gasteiger partial charge in [-0.2, -0.15) is 4.31 Å². The number of aliphatic imine (C=N–C) groups is 1. The molecule has 3 aliphatic heterocycles. The van der Waals surface area contributed by atoms with Crippen LogP contribution in [0.4, 0.5) is 10.5 Å². The number of nitrogens with two attached hydrogens (primary N) is 1. The largest absolute Gasteiger partial charge is 0.510 e. The molecule has 1 aromatic carbocycles. The van der Waals surface area contributed by atoms with Crippen molar-refractivity contribution in [3.05, 3.63) is 134 Å². The third kappa shape index (κ3) is 20.0. The molecule has 1 aliphatic carbocycles. The summed E-state index contributed by atoms with van der Waals surface area (Å²) in [6.45, 7) is 12.6. The first-order valence-electron chi connectivity index (χ1n) is 32.6. The van der Waals surface area contributed by atoms with E-state index in [1.54, 1.807) is 58.8 Å². The molecule has 6 heterocycles. The van der Waals surface area contributed by atoms with Crippen molar-refractivity contribution < 1.29 is 69.3 Å². The Morgan fingerprint density at radius 2 is 1.70 bits per heavy atom. The minimum absolute atomic E-state index is 0.110. The number of aromatic nitrogens is 6. The van der Waals surface area contributed by atoms with Gasteiger partial charge in [0, 0.05) is 72.2 Å². The number of sulfone groups is 1. The van der Waals surface area contributed by atoms with Crippen molar-refractivity contribution in [1.29, 1.82) is 0 Å². The van der Waals surface area contributed by atoms with Crippen molar-refractivity contribution in [1.82, 2.24) is 49.8 Å². The number of carbonyl (C=O) groups is 6. The number of unbranched alkanes of at least 4 members (excludes halogenated alkanes) is 2. The Labute approximate surface area is 570 Å². The Kier molecular flexibility index (Phi) is 25.2. The molecule has 3 atom stereocenters. The lowest BCUT2D eigenvalue weighted by Crippen LogP contribution is -2.47. The summed E-state index contributed by atoms with van der Waals surface area (Å²) in [4.78, 5) is 107. The number of nitrogens with one attached hydrogen (secondary N) is 4. The molecule has 6 N–H and O–H groups in total. The summed E-state index contributed by atoms with van der Waals surface area (Å²) >= 11 is 0. The highest BCUT2D eigenvalue weighted by Gasteiger charge is 2.51. The van der Waals surface area contributed by atoms with E-state index in [-0.39, 0.29) is 93.0 Å². The van der Waals surface area contributed by atoms with Crippen LogP contribution in [0, 0.1) is 0 Å². The number of dihydropyridines is 1. The molecule has 530 valence electrons. The quantitative estimate of drug-likeness (QED) is 0.0232. The third-order valence-corrected chi connectivity index (χ3v) is 19.2. The number of anilines is 1. The van der Waals surface area contributed by atoms with Gasteiger partial charge in [0.15, 0.2) is 0 Å². The van der Waals surface area contributed by atoms with E-state index >= 15 is 0 Å². The Balaban J connectivity index is 0.760. The molecule has 98 heavy (non-hydrogen) atoms. The molecule has 29 nitrogen and oxygen atoms in total. The molecule has 4 aliphatic rings. The van der Waals surface area contributed by atoms with E-state index in [0.29, 0.717) is 91.9 Å². The van der Waals surface area contributed by atoms with Crippen LogP contribution in [0.25, 0.3) is 6.08 Å². The minimum atomic E-state index is -3.53. The van der Waals surface area contributed by atoms with Crippen LogP contribution in [0.15, 0.2) is 105 Å². The number of ether oxygens (including phenoxy) is 5. The smallest absolute Gasteiger partial charge is 0.457 e. The number of allylic oxidation sites excluding steroid dienone is 4. The zero-order chi connectivity index (χ0) is 71.2. The number of nitrogens with zero attached hydrogens (tertiary/aromatic N) is 8. The highest BCUT2D eigenvalue weighted by atomic mass is 32.2. The average molecular weight is 1400 g/mol. The summed E-state index contributed by atoms with van der Waals surface area (Å²) in [5, 5.41) is 19.4. The van der Waals surface area contributed by atoms with Gasteiger partial charge in [0.05, 0.1) is 60.7 Å². The van der Waals surface area contributed by atoms with Crippen LogP contribution in [0.2, 0.25) is 0 Å². The molecular weight excluding hydrogens is 1310 g/mol. The molecule has 3 aromatic heterocycles. The summed E-state index contributed by atoms with van der Waals surface area (Å²) < 4.78 is 82.0. The minimum Gasteiger partial charge on any atom is -0.457 e. The van der Waals surface area contributed by atoms with Crippen LogP contribution < -0.4 is 32.6 Å². The topological polar surface area (TPSA) is 385 Å². The molecule has 0 fully saturated rings. The molecule has 4 aromatic rings. The van der Waals surface area contributed by atoms with E-state index < -0.39 is 91.3 Å². The maximum atomic E-state index is 14.5. The van der Waals surface area contributed by atoms with E-state index in [0.717, 1.165) is 23.0 Å². The van der Waals surface area contributed by atoms with Gasteiger partial charge in [-0.25, -0.2) is 41.1 Å². The van der Waals surface area contributed by atoms with Crippen molar-refractivity contribution in [2.75, 3.05) is 50.7 Å². The third-order valence-electron chi connectivity index (χ3n) is 16.8. The molecular formula is C67H89N13O16S2. The van der Waals surface area contributed by atoms with E-state index in [9.17, 15) is 50.4 Å². The number of esters is 1. The molecule has 8 rings (SSSR count). The number of cyclic esters (lactones) is 1. The van der Waals surface area contributed by atoms with Gasteiger partial charge in [-0.1, -0.05) is 54.6 Å². The van der Waals surface area contributed by atoms with E-state index in [1.807, 2.05) is 65.8 Å². The normalized spacial score (nSPS) is 17.1. The summed E-state index contributed by atoms with van der Waals surface area (Å²) in [6.07, 6.45) is 19.2. The number of amides is 4. The van der Waals surface area contributed by atoms with E-state index in [4.69, 9.17) is 34.4 Å². The molecule has 0 saturated heterocycles. The summed E-state index contributed by atoms with van der Waals surface area (Å²) in [5.74, 6) is -2.66. The maximum Gasteiger partial charge on any atom is 0.510 e. The lowest BCUT2D eigenvalue weighted by molar-refractivity contribution is -0.175. The first-order chi connectivity index (χ1) is 46.4. The van der Waals surface area contributed by atoms with Gasteiger partial charge >= 0.3 is 12.1 Å². The first kappa shape index (κ1) is 75.2. The van der Waals surface area contributed by atoms with Gasteiger partial charge in [0.2, 0.25) is 54.2 Å². The van der Waals surface area contributed by atoms with Gasteiger partial charge < -0.3 is 55.3 Å². The SMILES string of the molecule is CC[C@@]1(OC(=O)OCc2ccc(NC(=O)C(CCCCN)NC(=O)COCC(=O)NC(C)(C)CCOC(C)(C)Cn3cc(CNC(=O)CCC/C=C\c4cnc(S(C)(=O)=O)nc4)nn3)cc2)C(=O)OCc2c1cc1n(c2=O)CC2=C(CCN(C(C)C)S(C)(=O)=O)C3=CC=CCC3N=C21. The zero-order valence-corrected chi connectivity index (χ0v) is 58.5. The van der Waals surface area contributed by atoms with Gasteiger partial charge in [-0.3, -0.25) is 29.0 Å². The van der Waals surface area contributed by atoms with Crippen LogP contribution in [0.3, 0.4) is 0 Å². The summed E-state index contributed by atoms with van der Waals surface area (Å²) in [7, 11) is -7.01. The average Bonchev–Trinajstić information content (AvgIpc) is 1.48. The molecule has 0 spiro atoms. The van der Waals surface area contributed by atoms with E-state index in [2.05, 4.69) is 41.5 Å². The maximum absolute atomic E-state index is 14.5. The van der Waals surface area contributed by atoms with Crippen molar-refractivity contribution in [3.8, 4) is 0 Å². The van der Waals surface area contributed by atoms with Crippen LogP contribution >= 0.6 is 0 Å². The van der Waals surface area contributed by atoms with Crippen LogP contribution in [0.1, 0.15) is 146 Å². The fraction of sp³-hybridized carbons (Fsp3) is 0.522. The fourth-order valence-corrected chi connectivity index (χ4v) is 13.5. The first-order valence-corrected chi connectivity index (χ1v) is 36.3. The number of sulfonamides is 1. The van der Waals surface area contributed by atoms with Crippen molar-refractivity contribution >= 4 is 73.1 Å². The monoisotopic (exact) mass is 1400 g/mol. The Bertz CT molecular complexity index is 4060. The predicted molar refractivity (Wildman–Crippen MR) is 362 cm³/mol. The number of pyridine rings is 1. The van der Waals surface area contributed by atoms with Gasteiger partial charge in [0.25, 0.3) is 5.56 Å². The number of rotatable bonds is 35. The Morgan fingerprint density at radius 3 is 2.40 bits per heavy atom. The Hall–Kier alpha value is -8.62. The van der Waals surface area contributed by atoms with Crippen LogP contribution in [-0.2, 0) is 106 Å². The second-order valence-corrected chi connectivity index (χ2v) is 29.9. The molecule has 2 unspecified atom stereocenters. The standard InChI is InChI=1S/C67H89N13O16S2/c1-10-67(52-32-55-59-50(37-79(55)61(85)51(52)39-93-62(67)86)48(49-19-14-15-20-53(49)74-59)27-30-80(43(2)3)98(9,90)91)96-64(87)94-38-44-23-25-46(26-24-44)72-60(84)54(21-16-17-29-68)73-57(82)40-92-41-58(83)75-65(4,5)28-31-95-66(6,7)42-78-36-47(76-77-78)35-69-56(81)22-13-11-12-18-45-33-70-63(71-34-45)97(8,88)89/h12,14-15,18-19,23-26,32-34,36,43,53-54H,10-11,13,16-17,20-22,27-31,35,37-42,68H2,1-9H3,(H,69,81)(H,72,84)(H,73,82)(H,75,83)/b18-12-/t53?,54?,67-/m0/s1. The highest BCUT2D eigenvalue weighted by molar-refractivity contribution is 7.90.